The first-order chi connectivity index (χ1) is 9.31. The molecule has 1 amide bonds. The van der Waals surface area contributed by atoms with Crippen LogP contribution in [0.1, 0.15) is 32.8 Å². The number of carbonyl (C=O) groups is 2. The molecule has 1 aromatic carbocycles. The lowest BCUT2D eigenvalue weighted by atomic mass is 9.91. The van der Waals surface area contributed by atoms with E-state index < -0.39 is 5.97 Å². The molecule has 0 aromatic heterocycles. The van der Waals surface area contributed by atoms with E-state index in [0.717, 1.165) is 5.56 Å². The van der Waals surface area contributed by atoms with Crippen LogP contribution in [0.25, 0.3) is 0 Å². The van der Waals surface area contributed by atoms with Crippen LogP contribution in [0.2, 0.25) is 0 Å². The Morgan fingerprint density at radius 1 is 1.15 bits per heavy atom. The number of hydrogen-bond donors (Lipinski definition) is 0. The van der Waals surface area contributed by atoms with E-state index in [1.165, 1.54) is 7.11 Å². The summed E-state index contributed by atoms with van der Waals surface area (Å²) in [6.45, 7) is 6.42. The van der Waals surface area contributed by atoms with Crippen molar-refractivity contribution in [1.29, 1.82) is 0 Å². The number of amides is 1. The van der Waals surface area contributed by atoms with Crippen molar-refractivity contribution in [2.75, 3.05) is 13.7 Å². The number of esters is 1. The number of ether oxygens (including phenoxy) is 1. The maximum atomic E-state index is 12.3. The number of nitrogens with zero attached hydrogens (tertiary/aromatic N) is 1. The van der Waals surface area contributed by atoms with Gasteiger partial charge in [0.1, 0.15) is 6.54 Å². The second-order valence-electron chi connectivity index (χ2n) is 6.05. The van der Waals surface area contributed by atoms with Gasteiger partial charge in [0.15, 0.2) is 0 Å². The summed E-state index contributed by atoms with van der Waals surface area (Å²) in [5.41, 5.74) is 0.890. The third kappa shape index (κ3) is 5.87. The Balaban J connectivity index is 2.79. The van der Waals surface area contributed by atoms with Crippen LogP contribution in [0.4, 0.5) is 0 Å². The van der Waals surface area contributed by atoms with Gasteiger partial charge in [-0.1, -0.05) is 51.1 Å². The minimum absolute atomic E-state index is 0.0136. The minimum atomic E-state index is -0.400. The molecular formula is C16H23NO3. The van der Waals surface area contributed by atoms with E-state index in [2.05, 4.69) is 4.74 Å². The van der Waals surface area contributed by atoms with Gasteiger partial charge in [0.25, 0.3) is 0 Å². The molecule has 0 radical (unpaired) electrons. The topological polar surface area (TPSA) is 46.6 Å². The Hall–Kier alpha value is -1.84. The van der Waals surface area contributed by atoms with Crippen LogP contribution < -0.4 is 0 Å². The van der Waals surface area contributed by atoms with Crippen molar-refractivity contribution < 1.29 is 14.3 Å². The van der Waals surface area contributed by atoms with Gasteiger partial charge in [-0.25, -0.2) is 0 Å². The third-order valence-electron chi connectivity index (χ3n) is 2.80. The molecule has 0 bridgehead atoms. The molecule has 0 N–H and O–H groups in total. The summed E-state index contributed by atoms with van der Waals surface area (Å²) in [5.74, 6) is -0.435. The fourth-order valence-electron chi connectivity index (χ4n) is 1.82. The van der Waals surface area contributed by atoms with Gasteiger partial charge in [0.2, 0.25) is 5.91 Å². The molecule has 0 atom stereocenters. The van der Waals surface area contributed by atoms with E-state index in [1.54, 1.807) is 4.90 Å². The van der Waals surface area contributed by atoms with Crippen LogP contribution in [-0.2, 0) is 20.9 Å². The molecule has 0 unspecified atom stereocenters. The molecule has 0 heterocycles. The van der Waals surface area contributed by atoms with Crippen LogP contribution in [0, 0.1) is 5.41 Å². The first-order valence-electron chi connectivity index (χ1n) is 6.70. The molecule has 4 nitrogen and oxygen atoms in total. The van der Waals surface area contributed by atoms with Gasteiger partial charge < -0.3 is 9.64 Å². The molecule has 4 heteroatoms. The van der Waals surface area contributed by atoms with Gasteiger partial charge in [0, 0.05) is 13.0 Å². The molecule has 0 aliphatic carbocycles. The fraction of sp³-hybridized carbons (Fsp3) is 0.500. The van der Waals surface area contributed by atoms with Gasteiger partial charge >= 0.3 is 5.97 Å². The van der Waals surface area contributed by atoms with Gasteiger partial charge in [-0.3, -0.25) is 9.59 Å². The zero-order chi connectivity index (χ0) is 15.2. The largest absolute Gasteiger partial charge is 0.468 e. The molecule has 1 aromatic rings. The van der Waals surface area contributed by atoms with E-state index in [9.17, 15) is 9.59 Å². The maximum Gasteiger partial charge on any atom is 0.325 e. The highest BCUT2D eigenvalue weighted by Crippen LogP contribution is 2.20. The average molecular weight is 277 g/mol. The van der Waals surface area contributed by atoms with Crippen LogP contribution in [0.15, 0.2) is 30.3 Å². The number of rotatable bonds is 5. The first-order valence-corrected chi connectivity index (χ1v) is 6.70. The standard InChI is InChI=1S/C16H23NO3/c1-16(2,3)10-14(18)17(12-15(19)20-4)11-13-8-6-5-7-9-13/h5-9H,10-12H2,1-4H3. The monoisotopic (exact) mass is 277 g/mol. The molecule has 0 aliphatic rings. The summed E-state index contributed by atoms with van der Waals surface area (Å²) in [4.78, 5) is 25.3. The quantitative estimate of drug-likeness (QED) is 0.777. The van der Waals surface area contributed by atoms with E-state index in [1.807, 2.05) is 51.1 Å². The Kier molecular flexibility index (Phi) is 5.74. The zero-order valence-corrected chi connectivity index (χ0v) is 12.7. The highest BCUT2D eigenvalue weighted by atomic mass is 16.5. The number of methoxy groups -OCH3 is 1. The SMILES string of the molecule is COC(=O)CN(Cc1ccccc1)C(=O)CC(C)(C)C. The van der Waals surface area contributed by atoms with Crippen LogP contribution in [0.5, 0.6) is 0 Å². The highest BCUT2D eigenvalue weighted by molar-refractivity contribution is 5.82. The second kappa shape index (κ2) is 7.08. The summed E-state index contributed by atoms with van der Waals surface area (Å²) in [7, 11) is 1.33. The van der Waals surface area contributed by atoms with Gasteiger partial charge in [0.05, 0.1) is 7.11 Å². The molecule has 0 fully saturated rings. The van der Waals surface area contributed by atoms with Crippen LogP contribution in [0.3, 0.4) is 0 Å². The van der Waals surface area contributed by atoms with Crippen molar-refractivity contribution in [2.45, 2.75) is 33.7 Å². The van der Waals surface area contributed by atoms with Crippen molar-refractivity contribution in [1.82, 2.24) is 4.90 Å². The predicted octanol–water partition coefficient (Wildman–Crippen LogP) is 2.62. The number of hydrogen-bond acceptors (Lipinski definition) is 3. The van der Waals surface area contributed by atoms with Gasteiger partial charge in [-0.05, 0) is 11.0 Å². The van der Waals surface area contributed by atoms with E-state index >= 15 is 0 Å². The summed E-state index contributed by atoms with van der Waals surface area (Å²) in [6.07, 6.45) is 0.400. The fourth-order valence-corrected chi connectivity index (χ4v) is 1.82. The highest BCUT2D eigenvalue weighted by Gasteiger charge is 2.23. The summed E-state index contributed by atoms with van der Waals surface area (Å²) >= 11 is 0. The Morgan fingerprint density at radius 3 is 2.25 bits per heavy atom. The Morgan fingerprint density at radius 2 is 1.75 bits per heavy atom. The average Bonchev–Trinajstić information content (AvgIpc) is 2.37. The lowest BCUT2D eigenvalue weighted by Gasteiger charge is -2.26. The lowest BCUT2D eigenvalue weighted by molar-refractivity contribution is -0.148. The molecule has 0 saturated heterocycles. The van der Waals surface area contributed by atoms with E-state index in [0.29, 0.717) is 13.0 Å². The molecule has 20 heavy (non-hydrogen) atoms. The van der Waals surface area contributed by atoms with Crippen LogP contribution >= 0.6 is 0 Å². The van der Waals surface area contributed by atoms with Crippen molar-refractivity contribution in [3.8, 4) is 0 Å². The number of benzene rings is 1. The van der Waals surface area contributed by atoms with E-state index in [-0.39, 0.29) is 17.9 Å². The van der Waals surface area contributed by atoms with Gasteiger partial charge in [-0.15, -0.1) is 0 Å². The summed E-state index contributed by atoms with van der Waals surface area (Å²) in [6, 6.07) is 9.63. The smallest absolute Gasteiger partial charge is 0.325 e. The zero-order valence-electron chi connectivity index (χ0n) is 12.7. The first kappa shape index (κ1) is 16.2. The lowest BCUT2D eigenvalue weighted by Crippen LogP contribution is -2.37. The predicted molar refractivity (Wildman–Crippen MR) is 77.9 cm³/mol. The van der Waals surface area contributed by atoms with Crippen LogP contribution in [-0.4, -0.2) is 30.4 Å². The summed E-state index contributed by atoms with van der Waals surface area (Å²) < 4.78 is 4.67. The molecular weight excluding hydrogens is 254 g/mol. The van der Waals surface area contributed by atoms with Crippen molar-refractivity contribution in [3.05, 3.63) is 35.9 Å². The molecule has 0 saturated carbocycles. The number of carbonyl (C=O) groups excluding carboxylic acids is 2. The van der Waals surface area contributed by atoms with E-state index in [4.69, 9.17) is 0 Å². The summed E-state index contributed by atoms with van der Waals surface area (Å²) in [5, 5.41) is 0. The Labute approximate surface area is 120 Å². The maximum absolute atomic E-state index is 12.3. The molecule has 1 rings (SSSR count). The third-order valence-corrected chi connectivity index (χ3v) is 2.80. The van der Waals surface area contributed by atoms with Crippen molar-refractivity contribution in [2.24, 2.45) is 5.41 Å². The van der Waals surface area contributed by atoms with Gasteiger partial charge in [-0.2, -0.15) is 0 Å². The Bertz CT molecular complexity index is 449. The minimum Gasteiger partial charge on any atom is -0.468 e. The van der Waals surface area contributed by atoms with Crippen molar-refractivity contribution in [3.63, 3.8) is 0 Å². The second-order valence-corrected chi connectivity index (χ2v) is 6.05. The normalized spacial score (nSPS) is 11.0. The van der Waals surface area contributed by atoms with Crippen molar-refractivity contribution >= 4 is 11.9 Å². The molecule has 110 valence electrons. The molecule has 0 aliphatic heterocycles. The molecule has 0 spiro atoms.